The maximum Gasteiger partial charge on any atom is 0.324 e. The highest BCUT2D eigenvalue weighted by Gasteiger charge is 2.21. The minimum Gasteiger partial charge on any atom is -0.308 e. The summed E-state index contributed by atoms with van der Waals surface area (Å²) >= 11 is 1.40. The van der Waals surface area contributed by atoms with E-state index in [0.717, 1.165) is 44.4 Å². The van der Waals surface area contributed by atoms with E-state index in [2.05, 4.69) is 16.7 Å². The molecule has 1 aromatic carbocycles. The smallest absolute Gasteiger partial charge is 0.308 e. The van der Waals surface area contributed by atoms with Gasteiger partial charge in [0.1, 0.15) is 9.21 Å². The third-order valence-corrected chi connectivity index (χ3v) is 6.31. The molecule has 2 amide bonds. The molecule has 0 fully saturated rings. The van der Waals surface area contributed by atoms with E-state index < -0.39 is 10.8 Å². The molecule has 6 heteroatoms. The van der Waals surface area contributed by atoms with E-state index in [1.165, 1.54) is 11.3 Å². The van der Waals surface area contributed by atoms with Crippen LogP contribution < -0.4 is 10.6 Å². The van der Waals surface area contributed by atoms with E-state index in [9.17, 15) is 9.00 Å². The number of fused-ring (bicyclic) bond motifs is 1. The van der Waals surface area contributed by atoms with E-state index in [0.29, 0.717) is 0 Å². The van der Waals surface area contributed by atoms with Crippen LogP contribution in [0, 0.1) is 6.92 Å². The first kappa shape index (κ1) is 19.4. The summed E-state index contributed by atoms with van der Waals surface area (Å²) in [6.07, 6.45) is 7.56. The Morgan fingerprint density at radius 2 is 1.84 bits per heavy atom. The van der Waals surface area contributed by atoms with Gasteiger partial charge in [-0.25, -0.2) is 4.79 Å². The molecule has 0 radical (unpaired) electrons. The van der Waals surface area contributed by atoms with Crippen molar-refractivity contribution < 1.29 is 9.00 Å². The fraction of sp³-hybridized carbons (Fsp3) is 0.316. The molecule has 1 aliphatic carbocycles. The summed E-state index contributed by atoms with van der Waals surface area (Å²) in [7, 11) is -1.06. The minimum absolute atomic E-state index is 0.277. The first-order chi connectivity index (χ1) is 12.0. The molecule has 4 nitrogen and oxygen atoms in total. The molecule has 0 saturated carbocycles. The Balaban J connectivity index is 0.00000109. The van der Waals surface area contributed by atoms with Gasteiger partial charge in [-0.1, -0.05) is 43.7 Å². The summed E-state index contributed by atoms with van der Waals surface area (Å²) < 4.78 is 12.7. The summed E-state index contributed by atoms with van der Waals surface area (Å²) in [5.74, 6) is 0. The standard InChI is InChI=1S/C17H18N2O2S2.C2H6/c1-11-7-9-12(10-8-11)18-17(20)19-15-13-5-3-4-6-14(13)16(22-15)23(2)21;1-2/h4,6-10H,3,5H2,1-2H3,(H2,18,19,20);1-2H3. The van der Waals surface area contributed by atoms with Crippen molar-refractivity contribution in [2.24, 2.45) is 0 Å². The first-order valence-electron chi connectivity index (χ1n) is 8.35. The number of thiophene rings is 1. The Morgan fingerprint density at radius 3 is 2.48 bits per heavy atom. The molecule has 0 aliphatic heterocycles. The van der Waals surface area contributed by atoms with E-state index in [1.54, 1.807) is 6.26 Å². The average Bonchev–Trinajstić information content (AvgIpc) is 2.98. The van der Waals surface area contributed by atoms with Crippen molar-refractivity contribution in [3.63, 3.8) is 0 Å². The largest absolute Gasteiger partial charge is 0.324 e. The number of anilines is 2. The van der Waals surface area contributed by atoms with Gasteiger partial charge >= 0.3 is 6.03 Å². The Hall–Kier alpha value is -1.92. The van der Waals surface area contributed by atoms with Crippen molar-refractivity contribution in [2.45, 2.75) is 37.8 Å². The number of hydrogen-bond acceptors (Lipinski definition) is 3. The highest BCUT2D eigenvalue weighted by molar-refractivity contribution is 7.86. The van der Waals surface area contributed by atoms with Crippen molar-refractivity contribution in [3.8, 4) is 0 Å². The molecule has 2 aromatic rings. The lowest BCUT2D eigenvalue weighted by Gasteiger charge is -2.10. The van der Waals surface area contributed by atoms with Crippen LogP contribution in [0.3, 0.4) is 0 Å². The van der Waals surface area contributed by atoms with Gasteiger partial charge in [0.15, 0.2) is 0 Å². The second kappa shape index (κ2) is 8.97. The monoisotopic (exact) mass is 376 g/mol. The van der Waals surface area contributed by atoms with E-state index in [4.69, 9.17) is 0 Å². The molecule has 2 N–H and O–H groups in total. The third kappa shape index (κ3) is 4.80. The van der Waals surface area contributed by atoms with Gasteiger partial charge in [0, 0.05) is 17.5 Å². The van der Waals surface area contributed by atoms with Gasteiger partial charge < -0.3 is 5.32 Å². The van der Waals surface area contributed by atoms with Gasteiger partial charge in [-0.2, -0.15) is 0 Å². The molecule has 25 heavy (non-hydrogen) atoms. The summed E-state index contributed by atoms with van der Waals surface area (Å²) in [6, 6.07) is 7.36. The number of hydrogen-bond donors (Lipinski definition) is 2. The van der Waals surface area contributed by atoms with Crippen LogP contribution >= 0.6 is 11.3 Å². The highest BCUT2D eigenvalue weighted by Crippen LogP contribution is 2.39. The predicted molar refractivity (Wildman–Crippen MR) is 109 cm³/mol. The van der Waals surface area contributed by atoms with Crippen molar-refractivity contribution >= 4 is 44.9 Å². The molecule has 134 valence electrons. The third-order valence-electron chi connectivity index (χ3n) is 3.66. The SMILES string of the molecule is CC.Cc1ccc(NC(=O)Nc2sc(S(C)=O)c3c2CCC=C3)cc1. The fourth-order valence-corrected chi connectivity index (χ4v) is 4.70. The maximum absolute atomic E-state index is 12.2. The summed E-state index contributed by atoms with van der Waals surface area (Å²) in [6.45, 7) is 6.00. The molecule has 1 aromatic heterocycles. The van der Waals surface area contributed by atoms with Crippen LogP contribution in [0.1, 0.15) is 37.0 Å². The van der Waals surface area contributed by atoms with Crippen LogP contribution in [0.4, 0.5) is 15.5 Å². The zero-order chi connectivity index (χ0) is 18.4. The van der Waals surface area contributed by atoms with Gasteiger partial charge in [0.25, 0.3) is 0 Å². The van der Waals surface area contributed by atoms with Gasteiger partial charge in [0.2, 0.25) is 0 Å². The lowest BCUT2D eigenvalue weighted by molar-refractivity contribution is 0.262. The molecule has 0 spiro atoms. The number of urea groups is 1. The number of carbonyl (C=O) groups excluding carboxylic acids is 1. The van der Waals surface area contributed by atoms with Crippen LogP contribution in [0.5, 0.6) is 0 Å². The second-order valence-electron chi connectivity index (χ2n) is 5.45. The van der Waals surface area contributed by atoms with Crippen LogP contribution in [0.15, 0.2) is 34.6 Å². The summed E-state index contributed by atoms with van der Waals surface area (Å²) in [5, 5.41) is 6.53. The lowest BCUT2D eigenvalue weighted by atomic mass is 10.0. The number of benzene rings is 1. The number of allylic oxidation sites excluding steroid dienone is 1. The normalized spacial score (nSPS) is 13.3. The molecule has 0 bridgehead atoms. The number of carbonyl (C=O) groups is 1. The van der Waals surface area contributed by atoms with Crippen molar-refractivity contribution in [1.82, 2.24) is 0 Å². The van der Waals surface area contributed by atoms with Crippen LogP contribution in [-0.2, 0) is 17.2 Å². The number of rotatable bonds is 3. The maximum atomic E-state index is 12.2. The van der Waals surface area contributed by atoms with Crippen molar-refractivity contribution in [3.05, 3.63) is 47.0 Å². The fourth-order valence-electron chi connectivity index (χ4n) is 2.52. The van der Waals surface area contributed by atoms with Gasteiger partial charge in [-0.05, 0) is 37.5 Å². The molecule has 3 rings (SSSR count). The lowest BCUT2D eigenvalue weighted by Crippen LogP contribution is -2.19. The summed E-state index contributed by atoms with van der Waals surface area (Å²) in [5.41, 5.74) is 3.98. The van der Waals surface area contributed by atoms with E-state index >= 15 is 0 Å². The minimum atomic E-state index is -1.06. The Kier molecular flexibility index (Phi) is 6.96. The molecular weight excluding hydrogens is 352 g/mol. The van der Waals surface area contributed by atoms with E-state index in [-0.39, 0.29) is 6.03 Å². The van der Waals surface area contributed by atoms with Gasteiger partial charge in [0.05, 0.1) is 10.8 Å². The molecule has 1 aliphatic rings. The Bertz CT molecular complexity index is 793. The molecule has 1 unspecified atom stereocenters. The first-order valence-corrected chi connectivity index (χ1v) is 10.7. The molecule has 1 heterocycles. The average molecular weight is 377 g/mol. The van der Waals surface area contributed by atoms with Gasteiger partial charge in [-0.15, -0.1) is 11.3 Å². The zero-order valence-electron chi connectivity index (χ0n) is 15.0. The molecule has 1 atom stereocenters. The van der Waals surface area contributed by atoms with Crippen molar-refractivity contribution in [2.75, 3.05) is 16.9 Å². The van der Waals surface area contributed by atoms with Crippen LogP contribution in [-0.4, -0.2) is 16.5 Å². The molecular formula is C19H24N2O2S2. The number of aryl methyl sites for hydroxylation is 1. The van der Waals surface area contributed by atoms with Crippen LogP contribution in [0.25, 0.3) is 6.08 Å². The van der Waals surface area contributed by atoms with Crippen LogP contribution in [0.2, 0.25) is 0 Å². The number of nitrogens with one attached hydrogen (secondary N) is 2. The Labute approximate surface area is 155 Å². The van der Waals surface area contributed by atoms with E-state index in [1.807, 2.05) is 51.1 Å². The van der Waals surface area contributed by atoms with Gasteiger partial charge in [-0.3, -0.25) is 9.53 Å². The number of amides is 2. The highest BCUT2D eigenvalue weighted by atomic mass is 32.2. The summed E-state index contributed by atoms with van der Waals surface area (Å²) in [4.78, 5) is 12.2. The predicted octanol–water partition coefficient (Wildman–Crippen LogP) is 5.42. The van der Waals surface area contributed by atoms with Crippen molar-refractivity contribution in [1.29, 1.82) is 0 Å². The molecule has 0 saturated heterocycles. The quantitative estimate of drug-likeness (QED) is 0.751. The topological polar surface area (TPSA) is 58.2 Å². The Morgan fingerprint density at radius 1 is 1.16 bits per heavy atom. The zero-order valence-corrected chi connectivity index (χ0v) is 16.6. The second-order valence-corrected chi connectivity index (χ2v) is 8.05.